The van der Waals surface area contributed by atoms with E-state index in [1.54, 1.807) is 12.4 Å². The van der Waals surface area contributed by atoms with E-state index in [0.717, 1.165) is 33.8 Å². The molecule has 0 aliphatic heterocycles. The molecule has 0 radical (unpaired) electrons. The number of halogens is 1. The van der Waals surface area contributed by atoms with E-state index in [4.69, 9.17) is 0 Å². The quantitative estimate of drug-likeness (QED) is 0.851. The van der Waals surface area contributed by atoms with E-state index in [9.17, 15) is 9.90 Å². The van der Waals surface area contributed by atoms with Crippen LogP contribution in [0.25, 0.3) is 10.8 Å². The van der Waals surface area contributed by atoms with Crippen LogP contribution in [0.3, 0.4) is 0 Å². The predicted octanol–water partition coefficient (Wildman–Crippen LogP) is 3.43. The number of nitrogens with zero attached hydrogens (tertiary/aromatic N) is 3. The molecule has 0 fully saturated rings. The molecular formula is C16H20BrN3O2. The fraction of sp³-hybridized carbons (Fsp3) is 0.375. The second-order valence-corrected chi connectivity index (χ2v) is 6.39. The van der Waals surface area contributed by atoms with Gasteiger partial charge in [-0.2, -0.15) is 0 Å². The third kappa shape index (κ3) is 4.42. The SMILES string of the molecule is CN(C)CCCN(Cc1ccc2cncc(Br)c2c1)C(=O)O. The lowest BCUT2D eigenvalue weighted by atomic mass is 10.1. The lowest BCUT2D eigenvalue weighted by Gasteiger charge is -2.20. The molecule has 0 saturated heterocycles. The molecule has 22 heavy (non-hydrogen) atoms. The summed E-state index contributed by atoms with van der Waals surface area (Å²) in [4.78, 5) is 19.0. The van der Waals surface area contributed by atoms with E-state index in [2.05, 4.69) is 25.8 Å². The van der Waals surface area contributed by atoms with Crippen molar-refractivity contribution < 1.29 is 9.90 Å². The summed E-state index contributed by atoms with van der Waals surface area (Å²) in [5.74, 6) is 0. The average Bonchev–Trinajstić information content (AvgIpc) is 2.46. The number of carboxylic acid groups (broad SMARTS) is 1. The first-order chi connectivity index (χ1) is 10.5. The molecular weight excluding hydrogens is 346 g/mol. The van der Waals surface area contributed by atoms with Crippen LogP contribution in [0.2, 0.25) is 0 Å². The Morgan fingerprint density at radius 3 is 2.73 bits per heavy atom. The van der Waals surface area contributed by atoms with E-state index in [0.29, 0.717) is 13.1 Å². The molecule has 5 nitrogen and oxygen atoms in total. The summed E-state index contributed by atoms with van der Waals surface area (Å²) in [5, 5.41) is 11.4. The van der Waals surface area contributed by atoms with Crippen LogP contribution in [0.1, 0.15) is 12.0 Å². The van der Waals surface area contributed by atoms with Gasteiger partial charge in [0.1, 0.15) is 0 Å². The molecule has 0 unspecified atom stereocenters. The second-order valence-electron chi connectivity index (χ2n) is 5.54. The fourth-order valence-corrected chi connectivity index (χ4v) is 2.78. The van der Waals surface area contributed by atoms with Crippen molar-refractivity contribution in [3.05, 3.63) is 40.6 Å². The van der Waals surface area contributed by atoms with Crippen LogP contribution in [0, 0.1) is 0 Å². The maximum atomic E-state index is 11.4. The zero-order valence-corrected chi connectivity index (χ0v) is 14.4. The largest absolute Gasteiger partial charge is 0.465 e. The predicted molar refractivity (Wildman–Crippen MR) is 91.0 cm³/mol. The Morgan fingerprint density at radius 1 is 1.27 bits per heavy atom. The maximum absolute atomic E-state index is 11.4. The number of carbonyl (C=O) groups is 1. The number of benzene rings is 1. The molecule has 0 bridgehead atoms. The molecule has 1 aromatic carbocycles. The molecule has 0 atom stereocenters. The average molecular weight is 366 g/mol. The highest BCUT2D eigenvalue weighted by Crippen LogP contribution is 2.24. The van der Waals surface area contributed by atoms with Gasteiger partial charge in [-0.3, -0.25) is 4.98 Å². The Hall–Kier alpha value is -1.66. The number of amides is 1. The van der Waals surface area contributed by atoms with Crippen LogP contribution in [-0.2, 0) is 6.54 Å². The summed E-state index contributed by atoms with van der Waals surface area (Å²) >= 11 is 3.49. The van der Waals surface area contributed by atoms with Crippen molar-refractivity contribution in [1.82, 2.24) is 14.8 Å². The minimum absolute atomic E-state index is 0.396. The molecule has 1 amide bonds. The minimum Gasteiger partial charge on any atom is -0.465 e. The second kappa shape index (κ2) is 7.56. The standard InChI is InChI=1S/C16H20BrN3O2/c1-19(2)6-3-7-20(16(21)22)11-12-4-5-13-9-18-10-15(17)14(13)8-12/h4-5,8-10H,3,6-7,11H2,1-2H3,(H,21,22). The topological polar surface area (TPSA) is 56.7 Å². The molecule has 1 N–H and O–H groups in total. The fourth-order valence-electron chi connectivity index (χ4n) is 2.31. The Balaban J connectivity index is 2.12. The van der Waals surface area contributed by atoms with Crippen LogP contribution in [0.4, 0.5) is 4.79 Å². The van der Waals surface area contributed by atoms with Gasteiger partial charge in [-0.1, -0.05) is 12.1 Å². The van der Waals surface area contributed by atoms with Gasteiger partial charge in [-0.15, -0.1) is 0 Å². The van der Waals surface area contributed by atoms with Crippen molar-refractivity contribution >= 4 is 32.8 Å². The van der Waals surface area contributed by atoms with Gasteiger partial charge in [0, 0.05) is 35.3 Å². The normalized spacial score (nSPS) is 11.1. The summed E-state index contributed by atoms with van der Waals surface area (Å²) in [6, 6.07) is 5.95. The number of hydrogen-bond acceptors (Lipinski definition) is 3. The van der Waals surface area contributed by atoms with Gasteiger partial charge in [0.2, 0.25) is 0 Å². The molecule has 118 valence electrons. The Labute approximate surface area is 138 Å². The van der Waals surface area contributed by atoms with Gasteiger partial charge in [-0.05, 0) is 60.0 Å². The third-order valence-corrected chi connectivity index (χ3v) is 4.09. The molecule has 1 heterocycles. The molecule has 0 saturated carbocycles. The molecule has 0 spiro atoms. The Morgan fingerprint density at radius 2 is 2.05 bits per heavy atom. The van der Waals surface area contributed by atoms with Crippen molar-refractivity contribution in [3.8, 4) is 0 Å². The van der Waals surface area contributed by atoms with E-state index < -0.39 is 6.09 Å². The van der Waals surface area contributed by atoms with Gasteiger partial charge in [0.25, 0.3) is 0 Å². The van der Waals surface area contributed by atoms with E-state index in [1.165, 1.54) is 4.90 Å². The van der Waals surface area contributed by atoms with E-state index in [1.807, 2.05) is 32.3 Å². The van der Waals surface area contributed by atoms with Gasteiger partial charge < -0.3 is 14.9 Å². The van der Waals surface area contributed by atoms with Gasteiger partial charge in [-0.25, -0.2) is 4.79 Å². The zero-order valence-electron chi connectivity index (χ0n) is 12.8. The van der Waals surface area contributed by atoms with Gasteiger partial charge >= 0.3 is 6.09 Å². The van der Waals surface area contributed by atoms with Crippen LogP contribution in [0.5, 0.6) is 0 Å². The highest BCUT2D eigenvalue weighted by Gasteiger charge is 2.12. The summed E-state index contributed by atoms with van der Waals surface area (Å²) in [6.07, 6.45) is 3.49. The van der Waals surface area contributed by atoms with Crippen LogP contribution < -0.4 is 0 Å². The molecule has 0 aliphatic rings. The molecule has 6 heteroatoms. The lowest BCUT2D eigenvalue weighted by Crippen LogP contribution is -2.31. The summed E-state index contributed by atoms with van der Waals surface area (Å²) in [5.41, 5.74) is 0.978. The first-order valence-electron chi connectivity index (χ1n) is 7.12. The number of hydrogen-bond donors (Lipinski definition) is 1. The van der Waals surface area contributed by atoms with Gasteiger partial charge in [0.05, 0.1) is 0 Å². The molecule has 0 aliphatic carbocycles. The van der Waals surface area contributed by atoms with Crippen LogP contribution in [-0.4, -0.2) is 53.2 Å². The lowest BCUT2D eigenvalue weighted by molar-refractivity contribution is 0.140. The third-order valence-electron chi connectivity index (χ3n) is 3.45. The number of fused-ring (bicyclic) bond motifs is 1. The maximum Gasteiger partial charge on any atom is 0.407 e. The smallest absolute Gasteiger partial charge is 0.407 e. The molecule has 2 aromatic rings. The first kappa shape index (κ1) is 16.7. The van der Waals surface area contributed by atoms with Crippen molar-refractivity contribution in [2.45, 2.75) is 13.0 Å². The van der Waals surface area contributed by atoms with Crippen molar-refractivity contribution in [3.63, 3.8) is 0 Å². The summed E-state index contributed by atoms with van der Waals surface area (Å²) in [7, 11) is 3.97. The Bertz CT molecular complexity index is 661. The first-order valence-corrected chi connectivity index (χ1v) is 7.91. The summed E-state index contributed by atoms with van der Waals surface area (Å²) < 4.78 is 0.918. The number of aromatic nitrogens is 1. The Kier molecular flexibility index (Phi) is 5.74. The van der Waals surface area contributed by atoms with Crippen molar-refractivity contribution in [1.29, 1.82) is 0 Å². The minimum atomic E-state index is -0.882. The van der Waals surface area contributed by atoms with Crippen molar-refractivity contribution in [2.24, 2.45) is 0 Å². The van der Waals surface area contributed by atoms with E-state index >= 15 is 0 Å². The molecule has 2 rings (SSSR count). The van der Waals surface area contributed by atoms with Crippen LogP contribution >= 0.6 is 15.9 Å². The number of pyridine rings is 1. The zero-order chi connectivity index (χ0) is 16.1. The van der Waals surface area contributed by atoms with Gasteiger partial charge in [0.15, 0.2) is 0 Å². The summed E-state index contributed by atoms with van der Waals surface area (Å²) in [6.45, 7) is 1.80. The molecule has 1 aromatic heterocycles. The van der Waals surface area contributed by atoms with Crippen LogP contribution in [0.15, 0.2) is 35.1 Å². The van der Waals surface area contributed by atoms with E-state index in [-0.39, 0.29) is 0 Å². The highest BCUT2D eigenvalue weighted by molar-refractivity contribution is 9.10. The highest BCUT2D eigenvalue weighted by atomic mass is 79.9. The number of rotatable bonds is 6. The monoisotopic (exact) mass is 365 g/mol. The van der Waals surface area contributed by atoms with Crippen molar-refractivity contribution in [2.75, 3.05) is 27.2 Å².